The average molecular weight is 231 g/mol. The lowest BCUT2D eigenvalue weighted by Crippen LogP contribution is -2.07. The maximum absolute atomic E-state index is 11.0. The number of hydrogen-bond donors (Lipinski definition) is 2. The first-order valence-electron chi connectivity index (χ1n) is 4.83. The summed E-state index contributed by atoms with van der Waals surface area (Å²) in [7, 11) is 0. The van der Waals surface area contributed by atoms with E-state index in [1.165, 1.54) is 18.2 Å². The Morgan fingerprint density at radius 3 is 2.18 bits per heavy atom. The molecule has 5 nitrogen and oxygen atoms in total. The van der Waals surface area contributed by atoms with E-state index in [4.69, 9.17) is 10.2 Å². The van der Waals surface area contributed by atoms with Gasteiger partial charge in [0.15, 0.2) is 0 Å². The van der Waals surface area contributed by atoms with Crippen LogP contribution in [0.15, 0.2) is 42.7 Å². The second-order valence-electron chi connectivity index (χ2n) is 3.43. The minimum absolute atomic E-state index is 0.0544. The van der Waals surface area contributed by atoms with Crippen molar-refractivity contribution in [1.82, 2.24) is 4.57 Å². The van der Waals surface area contributed by atoms with Gasteiger partial charge in [-0.15, -0.1) is 0 Å². The van der Waals surface area contributed by atoms with Crippen LogP contribution < -0.4 is 0 Å². The van der Waals surface area contributed by atoms with Gasteiger partial charge in [0.05, 0.1) is 16.8 Å². The van der Waals surface area contributed by atoms with Gasteiger partial charge in [0.2, 0.25) is 0 Å². The molecule has 0 spiro atoms. The van der Waals surface area contributed by atoms with E-state index in [1.807, 2.05) is 0 Å². The van der Waals surface area contributed by atoms with Gasteiger partial charge >= 0.3 is 11.9 Å². The smallest absolute Gasteiger partial charge is 0.337 e. The van der Waals surface area contributed by atoms with Crippen molar-refractivity contribution >= 4 is 11.9 Å². The number of aromatic nitrogens is 1. The molecule has 0 atom stereocenters. The molecule has 0 aliphatic rings. The Kier molecular flexibility index (Phi) is 2.66. The molecule has 17 heavy (non-hydrogen) atoms. The summed E-state index contributed by atoms with van der Waals surface area (Å²) in [5.74, 6) is -2.18. The minimum atomic E-state index is -1.09. The summed E-state index contributed by atoms with van der Waals surface area (Å²) in [6, 6.07) is 7.38. The van der Waals surface area contributed by atoms with E-state index in [0.29, 0.717) is 5.69 Å². The molecule has 0 aliphatic carbocycles. The van der Waals surface area contributed by atoms with Gasteiger partial charge in [0, 0.05) is 12.4 Å². The maximum atomic E-state index is 11.0. The van der Waals surface area contributed by atoms with Crippen LogP contribution in [0.4, 0.5) is 0 Å². The standard InChI is InChI=1S/C12H9NO4/c14-11(15)8-3-4-9(12(16)17)10(7-8)13-5-1-2-6-13/h1-7H,(H,14,15)(H,16,17). The number of carboxylic acid groups (broad SMARTS) is 2. The van der Waals surface area contributed by atoms with Crippen LogP contribution in [0.25, 0.3) is 5.69 Å². The number of rotatable bonds is 3. The fourth-order valence-electron chi connectivity index (χ4n) is 1.55. The third kappa shape index (κ3) is 2.03. The Morgan fingerprint density at radius 2 is 1.65 bits per heavy atom. The van der Waals surface area contributed by atoms with Crippen molar-refractivity contribution in [3.8, 4) is 5.69 Å². The van der Waals surface area contributed by atoms with Crippen LogP contribution in [0.5, 0.6) is 0 Å². The number of aromatic carboxylic acids is 2. The van der Waals surface area contributed by atoms with Gasteiger partial charge in [0.1, 0.15) is 0 Å². The molecule has 0 aliphatic heterocycles. The van der Waals surface area contributed by atoms with Crippen LogP contribution in [-0.4, -0.2) is 26.7 Å². The summed E-state index contributed by atoms with van der Waals surface area (Å²) in [6.45, 7) is 0. The highest BCUT2D eigenvalue weighted by atomic mass is 16.4. The van der Waals surface area contributed by atoms with Crippen molar-refractivity contribution in [1.29, 1.82) is 0 Å². The molecule has 0 fully saturated rings. The van der Waals surface area contributed by atoms with Crippen LogP contribution in [-0.2, 0) is 0 Å². The fraction of sp³-hybridized carbons (Fsp3) is 0. The molecule has 0 amide bonds. The second kappa shape index (κ2) is 4.13. The normalized spacial score (nSPS) is 10.1. The molecule has 2 aromatic rings. The topological polar surface area (TPSA) is 79.5 Å². The van der Waals surface area contributed by atoms with Crippen LogP contribution in [0.1, 0.15) is 20.7 Å². The summed E-state index contributed by atoms with van der Waals surface area (Å²) in [5, 5.41) is 17.9. The molecule has 1 heterocycles. The zero-order chi connectivity index (χ0) is 12.4. The first-order valence-corrected chi connectivity index (χ1v) is 4.83. The molecule has 1 aromatic heterocycles. The molecule has 0 unspecified atom stereocenters. The van der Waals surface area contributed by atoms with Crippen LogP contribution >= 0.6 is 0 Å². The van der Waals surface area contributed by atoms with Crippen molar-refractivity contribution in [2.24, 2.45) is 0 Å². The minimum Gasteiger partial charge on any atom is -0.478 e. The Labute approximate surface area is 96.5 Å². The molecule has 2 rings (SSSR count). The average Bonchev–Trinajstić information content (AvgIpc) is 2.81. The van der Waals surface area contributed by atoms with Crippen molar-refractivity contribution in [3.05, 3.63) is 53.9 Å². The van der Waals surface area contributed by atoms with E-state index in [9.17, 15) is 9.59 Å². The third-order valence-electron chi connectivity index (χ3n) is 2.36. The Morgan fingerprint density at radius 1 is 1.00 bits per heavy atom. The predicted molar refractivity (Wildman–Crippen MR) is 59.7 cm³/mol. The molecule has 86 valence electrons. The molecular formula is C12H9NO4. The molecule has 2 N–H and O–H groups in total. The van der Waals surface area contributed by atoms with Gasteiger partial charge in [-0.1, -0.05) is 0 Å². The Balaban J connectivity index is 2.64. The summed E-state index contributed by atoms with van der Waals surface area (Å²) in [5.41, 5.74) is 0.451. The van der Waals surface area contributed by atoms with Gasteiger partial charge in [-0.2, -0.15) is 0 Å². The monoisotopic (exact) mass is 231 g/mol. The molecule has 0 bridgehead atoms. The van der Waals surface area contributed by atoms with E-state index in [1.54, 1.807) is 29.1 Å². The maximum Gasteiger partial charge on any atom is 0.337 e. The predicted octanol–water partition coefficient (Wildman–Crippen LogP) is 1.87. The molecule has 0 saturated heterocycles. The van der Waals surface area contributed by atoms with Crippen molar-refractivity contribution in [2.45, 2.75) is 0 Å². The van der Waals surface area contributed by atoms with Crippen molar-refractivity contribution in [3.63, 3.8) is 0 Å². The Hall–Kier alpha value is -2.56. The molecule has 0 radical (unpaired) electrons. The number of nitrogens with zero attached hydrogens (tertiary/aromatic N) is 1. The number of benzene rings is 1. The van der Waals surface area contributed by atoms with Gasteiger partial charge in [-0.3, -0.25) is 0 Å². The third-order valence-corrected chi connectivity index (χ3v) is 2.36. The van der Waals surface area contributed by atoms with E-state index in [2.05, 4.69) is 0 Å². The van der Waals surface area contributed by atoms with Gasteiger partial charge in [-0.25, -0.2) is 9.59 Å². The van der Waals surface area contributed by atoms with Gasteiger partial charge in [0.25, 0.3) is 0 Å². The summed E-state index contributed by atoms with van der Waals surface area (Å²) < 4.78 is 1.57. The lowest BCUT2D eigenvalue weighted by atomic mass is 10.1. The zero-order valence-electron chi connectivity index (χ0n) is 8.70. The molecular weight excluding hydrogens is 222 g/mol. The number of carboxylic acids is 2. The second-order valence-corrected chi connectivity index (χ2v) is 3.43. The highest BCUT2D eigenvalue weighted by molar-refractivity contribution is 5.95. The van der Waals surface area contributed by atoms with E-state index < -0.39 is 11.9 Å². The van der Waals surface area contributed by atoms with E-state index in [-0.39, 0.29) is 11.1 Å². The first kappa shape index (κ1) is 10.9. The summed E-state index contributed by atoms with van der Waals surface area (Å²) >= 11 is 0. The fourth-order valence-corrected chi connectivity index (χ4v) is 1.55. The molecule has 0 saturated carbocycles. The zero-order valence-corrected chi connectivity index (χ0v) is 8.70. The van der Waals surface area contributed by atoms with E-state index in [0.717, 1.165) is 0 Å². The van der Waals surface area contributed by atoms with Gasteiger partial charge < -0.3 is 14.8 Å². The van der Waals surface area contributed by atoms with Crippen LogP contribution in [0.2, 0.25) is 0 Å². The van der Waals surface area contributed by atoms with Crippen molar-refractivity contribution < 1.29 is 19.8 Å². The highest BCUT2D eigenvalue weighted by Crippen LogP contribution is 2.17. The SMILES string of the molecule is O=C(O)c1ccc(C(=O)O)c(-n2cccc2)c1. The first-order chi connectivity index (χ1) is 8.09. The van der Waals surface area contributed by atoms with Crippen molar-refractivity contribution in [2.75, 3.05) is 0 Å². The van der Waals surface area contributed by atoms with Crippen LogP contribution in [0, 0.1) is 0 Å². The quantitative estimate of drug-likeness (QED) is 0.845. The largest absolute Gasteiger partial charge is 0.478 e. The number of carbonyl (C=O) groups is 2. The summed E-state index contributed by atoms with van der Waals surface area (Å²) in [4.78, 5) is 21.9. The van der Waals surface area contributed by atoms with Gasteiger partial charge in [-0.05, 0) is 30.3 Å². The lowest BCUT2D eigenvalue weighted by molar-refractivity contribution is 0.0681. The van der Waals surface area contributed by atoms with Crippen LogP contribution in [0.3, 0.4) is 0 Å². The summed E-state index contributed by atoms with van der Waals surface area (Å²) in [6.07, 6.45) is 3.32. The lowest BCUT2D eigenvalue weighted by Gasteiger charge is -2.08. The molecule has 5 heteroatoms. The Bertz CT molecular complexity index is 572. The highest BCUT2D eigenvalue weighted by Gasteiger charge is 2.14. The van der Waals surface area contributed by atoms with E-state index >= 15 is 0 Å². The molecule has 1 aromatic carbocycles. The number of hydrogen-bond acceptors (Lipinski definition) is 2.